The smallest absolute Gasteiger partial charge is 0.319 e. The molecule has 3 rings (SSSR count). The minimum absolute atomic E-state index is 0.136. The van der Waals surface area contributed by atoms with Crippen molar-refractivity contribution in [3.63, 3.8) is 0 Å². The number of nitrogens with zero attached hydrogens (tertiary/aromatic N) is 3. The van der Waals surface area contributed by atoms with E-state index in [0.29, 0.717) is 5.69 Å². The van der Waals surface area contributed by atoms with Crippen molar-refractivity contribution in [2.45, 2.75) is 19.9 Å². The van der Waals surface area contributed by atoms with Crippen LogP contribution in [0.15, 0.2) is 48.1 Å². The maximum Gasteiger partial charge on any atom is 0.319 e. The number of aryl methyl sites for hydroxylation is 1. The highest BCUT2D eigenvalue weighted by Crippen LogP contribution is 2.18. The molecule has 6 nitrogen and oxygen atoms in total. The summed E-state index contributed by atoms with van der Waals surface area (Å²) >= 11 is 1.54. The van der Waals surface area contributed by atoms with E-state index < -0.39 is 0 Å². The third-order valence-electron chi connectivity index (χ3n) is 3.23. The molecule has 0 aliphatic heterocycles. The molecule has 2 aromatic heterocycles. The lowest BCUT2D eigenvalue weighted by Gasteiger charge is -2.13. The predicted octanol–water partition coefficient (Wildman–Crippen LogP) is 3.52. The molecule has 0 bridgehead atoms. The molecule has 2 heterocycles. The zero-order valence-electron chi connectivity index (χ0n) is 12.9. The molecule has 3 aromatic rings. The summed E-state index contributed by atoms with van der Waals surface area (Å²) in [4.78, 5) is 16.5. The average Bonchev–Trinajstić information content (AvgIpc) is 3.18. The molecule has 0 aliphatic carbocycles. The zero-order chi connectivity index (χ0) is 16.2. The van der Waals surface area contributed by atoms with Crippen LogP contribution < -0.4 is 10.6 Å². The zero-order valence-corrected chi connectivity index (χ0v) is 13.7. The first kappa shape index (κ1) is 15.2. The highest BCUT2D eigenvalue weighted by molar-refractivity contribution is 7.09. The van der Waals surface area contributed by atoms with Gasteiger partial charge in [-0.05, 0) is 38.1 Å². The molecule has 1 atom stereocenters. The normalized spacial score (nSPS) is 11.9. The second kappa shape index (κ2) is 6.62. The third kappa shape index (κ3) is 3.75. The van der Waals surface area contributed by atoms with Gasteiger partial charge in [-0.2, -0.15) is 5.10 Å². The molecule has 23 heavy (non-hydrogen) atoms. The van der Waals surface area contributed by atoms with Crippen LogP contribution in [-0.2, 0) is 0 Å². The molecule has 7 heteroatoms. The number of hydrogen-bond donors (Lipinski definition) is 2. The van der Waals surface area contributed by atoms with E-state index in [9.17, 15) is 4.79 Å². The van der Waals surface area contributed by atoms with Gasteiger partial charge in [0, 0.05) is 29.2 Å². The highest BCUT2D eigenvalue weighted by Gasteiger charge is 2.12. The average molecular weight is 327 g/mol. The van der Waals surface area contributed by atoms with Crippen LogP contribution in [0.3, 0.4) is 0 Å². The summed E-state index contributed by atoms with van der Waals surface area (Å²) in [6.45, 7) is 3.85. The number of thiazole rings is 1. The molecule has 0 fully saturated rings. The summed E-state index contributed by atoms with van der Waals surface area (Å²) in [5, 5.41) is 12.8. The summed E-state index contributed by atoms with van der Waals surface area (Å²) in [6, 6.07) is 8.96. The molecule has 0 unspecified atom stereocenters. The van der Waals surface area contributed by atoms with Gasteiger partial charge in [-0.1, -0.05) is 6.07 Å². The summed E-state index contributed by atoms with van der Waals surface area (Å²) < 4.78 is 1.74. The maximum atomic E-state index is 12.1. The fourth-order valence-corrected chi connectivity index (χ4v) is 2.95. The Hall–Kier alpha value is -2.67. The molecule has 0 saturated heterocycles. The molecular formula is C16H17N5OS. The lowest BCUT2D eigenvalue weighted by atomic mass is 10.3. The molecular weight excluding hydrogens is 310 g/mol. The van der Waals surface area contributed by atoms with Crippen LogP contribution in [0, 0.1) is 6.92 Å². The minimum Gasteiger partial charge on any atom is -0.329 e. The van der Waals surface area contributed by atoms with Crippen molar-refractivity contribution < 1.29 is 4.79 Å². The standard InChI is InChI=1S/C16H17N5OS/c1-11-10-23-15(18-11)12(2)19-16(22)20-13-5-3-6-14(9-13)21-8-4-7-17-21/h3-10,12H,1-2H3,(H2,19,20,22)/t12-/m0/s1. The van der Waals surface area contributed by atoms with Gasteiger partial charge in [0.2, 0.25) is 0 Å². The molecule has 2 N–H and O–H groups in total. The van der Waals surface area contributed by atoms with Gasteiger partial charge in [0.1, 0.15) is 5.01 Å². The van der Waals surface area contributed by atoms with Crippen molar-refractivity contribution in [1.29, 1.82) is 0 Å². The van der Waals surface area contributed by atoms with Crippen LogP contribution in [0.4, 0.5) is 10.5 Å². The molecule has 0 spiro atoms. The number of carbonyl (C=O) groups excluding carboxylic acids is 1. The highest BCUT2D eigenvalue weighted by atomic mass is 32.1. The predicted molar refractivity (Wildman–Crippen MR) is 91.0 cm³/mol. The fraction of sp³-hybridized carbons (Fsp3) is 0.188. The summed E-state index contributed by atoms with van der Waals surface area (Å²) in [5.74, 6) is 0. The molecule has 0 aliphatic rings. The van der Waals surface area contributed by atoms with Crippen molar-refractivity contribution in [2.24, 2.45) is 0 Å². The Kier molecular flexibility index (Phi) is 4.38. The van der Waals surface area contributed by atoms with Crippen molar-refractivity contribution in [3.05, 3.63) is 58.8 Å². The van der Waals surface area contributed by atoms with Crippen molar-refractivity contribution in [1.82, 2.24) is 20.1 Å². The van der Waals surface area contributed by atoms with Gasteiger partial charge >= 0.3 is 6.03 Å². The maximum absolute atomic E-state index is 12.1. The second-order valence-electron chi connectivity index (χ2n) is 5.15. The van der Waals surface area contributed by atoms with Gasteiger partial charge in [-0.25, -0.2) is 14.5 Å². The first-order valence-electron chi connectivity index (χ1n) is 7.21. The van der Waals surface area contributed by atoms with E-state index in [1.165, 1.54) is 0 Å². The van der Waals surface area contributed by atoms with E-state index in [1.54, 1.807) is 22.2 Å². The summed E-state index contributed by atoms with van der Waals surface area (Å²) in [7, 11) is 0. The van der Waals surface area contributed by atoms with Crippen LogP contribution in [-0.4, -0.2) is 20.8 Å². The van der Waals surface area contributed by atoms with Gasteiger partial charge in [0.05, 0.1) is 11.7 Å². The number of rotatable bonds is 4. The van der Waals surface area contributed by atoms with E-state index >= 15 is 0 Å². The number of aromatic nitrogens is 3. The second-order valence-corrected chi connectivity index (χ2v) is 6.04. The van der Waals surface area contributed by atoms with Gasteiger partial charge in [-0.15, -0.1) is 11.3 Å². The van der Waals surface area contributed by atoms with E-state index in [-0.39, 0.29) is 12.1 Å². The van der Waals surface area contributed by atoms with Crippen LogP contribution in [0.25, 0.3) is 5.69 Å². The Bertz CT molecular complexity index is 796. The number of benzene rings is 1. The quantitative estimate of drug-likeness (QED) is 0.770. The van der Waals surface area contributed by atoms with E-state index in [2.05, 4.69) is 20.7 Å². The topological polar surface area (TPSA) is 71.8 Å². The van der Waals surface area contributed by atoms with Crippen molar-refractivity contribution in [3.8, 4) is 5.69 Å². The van der Waals surface area contributed by atoms with E-state index in [1.807, 2.05) is 55.8 Å². The molecule has 118 valence electrons. The monoisotopic (exact) mass is 327 g/mol. The minimum atomic E-state index is -0.261. The Balaban J connectivity index is 1.65. The third-order valence-corrected chi connectivity index (χ3v) is 4.37. The Labute approximate surface area is 138 Å². The first-order chi connectivity index (χ1) is 11.1. The van der Waals surface area contributed by atoms with Gasteiger partial charge in [0.25, 0.3) is 0 Å². The van der Waals surface area contributed by atoms with Crippen LogP contribution in [0.1, 0.15) is 23.7 Å². The SMILES string of the molecule is Cc1csc([C@H](C)NC(=O)Nc2cccc(-n3cccn3)c2)n1. The first-order valence-corrected chi connectivity index (χ1v) is 8.09. The Morgan fingerprint density at radius 3 is 2.91 bits per heavy atom. The van der Waals surface area contributed by atoms with E-state index in [4.69, 9.17) is 0 Å². The number of anilines is 1. The van der Waals surface area contributed by atoms with Gasteiger partial charge in [0.15, 0.2) is 0 Å². The Morgan fingerprint density at radius 1 is 1.35 bits per heavy atom. The van der Waals surface area contributed by atoms with Crippen LogP contribution in [0.2, 0.25) is 0 Å². The summed E-state index contributed by atoms with van der Waals surface area (Å²) in [6.07, 6.45) is 3.57. The van der Waals surface area contributed by atoms with Crippen LogP contribution >= 0.6 is 11.3 Å². The van der Waals surface area contributed by atoms with Crippen molar-refractivity contribution in [2.75, 3.05) is 5.32 Å². The number of urea groups is 1. The summed E-state index contributed by atoms with van der Waals surface area (Å²) in [5.41, 5.74) is 2.56. The molecule has 2 amide bonds. The largest absolute Gasteiger partial charge is 0.329 e. The number of amides is 2. The van der Waals surface area contributed by atoms with E-state index in [0.717, 1.165) is 16.4 Å². The number of carbonyl (C=O) groups is 1. The Morgan fingerprint density at radius 2 is 2.22 bits per heavy atom. The van der Waals surface area contributed by atoms with Gasteiger partial charge in [-0.3, -0.25) is 0 Å². The molecule has 0 radical (unpaired) electrons. The number of nitrogens with one attached hydrogen (secondary N) is 2. The fourth-order valence-electron chi connectivity index (χ4n) is 2.14. The lowest BCUT2D eigenvalue weighted by Crippen LogP contribution is -2.31. The van der Waals surface area contributed by atoms with Crippen molar-refractivity contribution >= 4 is 23.1 Å². The van der Waals surface area contributed by atoms with Crippen LogP contribution in [0.5, 0.6) is 0 Å². The number of hydrogen-bond acceptors (Lipinski definition) is 4. The van der Waals surface area contributed by atoms with Gasteiger partial charge < -0.3 is 10.6 Å². The molecule has 0 saturated carbocycles. The lowest BCUT2D eigenvalue weighted by molar-refractivity contribution is 0.249. The molecule has 1 aromatic carbocycles.